The summed E-state index contributed by atoms with van der Waals surface area (Å²) in [4.78, 5) is 11.9. The third-order valence-electron chi connectivity index (χ3n) is 2.55. The van der Waals surface area contributed by atoms with Gasteiger partial charge in [0.1, 0.15) is 5.76 Å². The Kier molecular flexibility index (Phi) is 4.05. The second kappa shape index (κ2) is 5.74. The van der Waals surface area contributed by atoms with Crippen LogP contribution < -0.4 is 5.32 Å². The Hall–Kier alpha value is -1.74. The minimum absolute atomic E-state index is 0.00244. The van der Waals surface area contributed by atoms with Crippen LogP contribution in [0.2, 0.25) is 5.02 Å². The lowest BCUT2D eigenvalue weighted by Gasteiger charge is -2.12. The molecule has 1 unspecified atom stereocenters. The Labute approximate surface area is 111 Å². The fourth-order valence-corrected chi connectivity index (χ4v) is 1.91. The van der Waals surface area contributed by atoms with Gasteiger partial charge in [0.25, 0.3) is 5.91 Å². The van der Waals surface area contributed by atoms with E-state index in [9.17, 15) is 4.79 Å². The van der Waals surface area contributed by atoms with Gasteiger partial charge in [0.2, 0.25) is 0 Å². The van der Waals surface area contributed by atoms with E-state index in [0.29, 0.717) is 17.0 Å². The zero-order valence-electron chi connectivity index (χ0n) is 10.0. The zero-order chi connectivity index (χ0) is 13.0. The van der Waals surface area contributed by atoms with E-state index in [1.54, 1.807) is 30.5 Å². The molecule has 0 spiro atoms. The van der Waals surface area contributed by atoms with Crippen LogP contribution >= 0.6 is 11.6 Å². The molecule has 0 aliphatic heterocycles. The first-order chi connectivity index (χ1) is 8.65. The molecule has 0 aliphatic rings. The lowest BCUT2D eigenvalue weighted by atomic mass is 10.1. The van der Waals surface area contributed by atoms with E-state index >= 15 is 0 Å². The number of rotatable bonds is 4. The third-order valence-corrected chi connectivity index (χ3v) is 2.79. The zero-order valence-corrected chi connectivity index (χ0v) is 10.8. The van der Waals surface area contributed by atoms with Crippen molar-refractivity contribution in [1.82, 2.24) is 5.32 Å². The molecule has 1 N–H and O–H groups in total. The molecule has 4 heteroatoms. The fraction of sp³-hybridized carbons (Fsp3) is 0.214. The second-order valence-electron chi connectivity index (χ2n) is 4.17. The van der Waals surface area contributed by atoms with Gasteiger partial charge in [-0.2, -0.15) is 0 Å². The third kappa shape index (κ3) is 3.37. The van der Waals surface area contributed by atoms with Crippen molar-refractivity contribution in [3.8, 4) is 0 Å². The summed E-state index contributed by atoms with van der Waals surface area (Å²) in [5, 5.41) is 3.46. The SMILES string of the molecule is CC(Cc1ccco1)NC(=O)c1cccc(Cl)c1. The van der Waals surface area contributed by atoms with Crippen LogP contribution in [-0.4, -0.2) is 11.9 Å². The highest BCUT2D eigenvalue weighted by Gasteiger charge is 2.11. The monoisotopic (exact) mass is 263 g/mol. The van der Waals surface area contributed by atoms with Crippen LogP contribution in [0.4, 0.5) is 0 Å². The van der Waals surface area contributed by atoms with E-state index in [0.717, 1.165) is 5.76 Å². The van der Waals surface area contributed by atoms with E-state index in [1.807, 2.05) is 19.1 Å². The average molecular weight is 264 g/mol. The maximum atomic E-state index is 11.9. The molecule has 1 heterocycles. The van der Waals surface area contributed by atoms with E-state index < -0.39 is 0 Å². The predicted molar refractivity (Wildman–Crippen MR) is 70.8 cm³/mol. The van der Waals surface area contributed by atoms with Gasteiger partial charge in [-0.3, -0.25) is 4.79 Å². The van der Waals surface area contributed by atoms with Crippen molar-refractivity contribution >= 4 is 17.5 Å². The summed E-state index contributed by atoms with van der Waals surface area (Å²) in [6.07, 6.45) is 2.29. The first kappa shape index (κ1) is 12.7. The van der Waals surface area contributed by atoms with Crippen LogP contribution in [0.1, 0.15) is 23.0 Å². The molecular weight excluding hydrogens is 250 g/mol. The molecule has 0 saturated heterocycles. The molecule has 0 radical (unpaired) electrons. The van der Waals surface area contributed by atoms with E-state index in [2.05, 4.69) is 5.32 Å². The number of nitrogens with one attached hydrogen (secondary N) is 1. The summed E-state index contributed by atoms with van der Waals surface area (Å²) in [7, 11) is 0. The minimum Gasteiger partial charge on any atom is -0.469 e. The lowest BCUT2D eigenvalue weighted by molar-refractivity contribution is 0.0939. The van der Waals surface area contributed by atoms with Crippen LogP contribution in [0.5, 0.6) is 0 Å². The van der Waals surface area contributed by atoms with Gasteiger partial charge < -0.3 is 9.73 Å². The van der Waals surface area contributed by atoms with Crippen molar-refractivity contribution < 1.29 is 9.21 Å². The molecule has 1 aromatic carbocycles. The summed E-state index contributed by atoms with van der Waals surface area (Å²) in [5.74, 6) is 0.727. The van der Waals surface area contributed by atoms with Gasteiger partial charge in [-0.25, -0.2) is 0 Å². The van der Waals surface area contributed by atoms with Crippen LogP contribution in [0.15, 0.2) is 47.1 Å². The predicted octanol–water partition coefficient (Wildman–Crippen LogP) is 3.29. The highest BCUT2D eigenvalue weighted by atomic mass is 35.5. The summed E-state index contributed by atoms with van der Waals surface area (Å²) >= 11 is 5.85. The molecule has 2 rings (SSSR count). The van der Waals surface area contributed by atoms with Crippen LogP contribution in [0.25, 0.3) is 0 Å². The molecular formula is C14H14ClNO2. The van der Waals surface area contributed by atoms with Gasteiger partial charge in [0, 0.05) is 23.0 Å². The maximum Gasteiger partial charge on any atom is 0.251 e. The summed E-state index contributed by atoms with van der Waals surface area (Å²) in [5.41, 5.74) is 0.564. The van der Waals surface area contributed by atoms with Crippen molar-refractivity contribution in [2.75, 3.05) is 0 Å². The van der Waals surface area contributed by atoms with Crippen LogP contribution in [-0.2, 0) is 6.42 Å². The number of amides is 1. The molecule has 0 fully saturated rings. The largest absolute Gasteiger partial charge is 0.469 e. The van der Waals surface area contributed by atoms with Gasteiger partial charge in [0.15, 0.2) is 0 Å². The highest BCUT2D eigenvalue weighted by Crippen LogP contribution is 2.11. The Balaban J connectivity index is 1.95. The molecule has 1 aromatic heterocycles. The number of carbonyl (C=O) groups is 1. The minimum atomic E-state index is -0.128. The van der Waals surface area contributed by atoms with Gasteiger partial charge >= 0.3 is 0 Å². The number of furan rings is 1. The van der Waals surface area contributed by atoms with E-state index in [-0.39, 0.29) is 11.9 Å². The van der Waals surface area contributed by atoms with Crippen molar-refractivity contribution in [3.05, 3.63) is 59.0 Å². The lowest BCUT2D eigenvalue weighted by Crippen LogP contribution is -2.33. The maximum absolute atomic E-state index is 11.9. The summed E-state index contributed by atoms with van der Waals surface area (Å²) in [6.45, 7) is 1.94. The van der Waals surface area contributed by atoms with Gasteiger partial charge in [-0.15, -0.1) is 0 Å². The highest BCUT2D eigenvalue weighted by molar-refractivity contribution is 6.30. The smallest absolute Gasteiger partial charge is 0.251 e. The number of halogens is 1. The van der Waals surface area contributed by atoms with Crippen LogP contribution in [0, 0.1) is 0 Å². The summed E-state index contributed by atoms with van der Waals surface area (Å²) in [6, 6.07) is 10.6. The Morgan fingerprint density at radius 2 is 2.22 bits per heavy atom. The molecule has 3 nitrogen and oxygen atoms in total. The Morgan fingerprint density at radius 3 is 2.89 bits per heavy atom. The summed E-state index contributed by atoms with van der Waals surface area (Å²) < 4.78 is 5.24. The first-order valence-electron chi connectivity index (χ1n) is 5.74. The molecule has 0 saturated carbocycles. The quantitative estimate of drug-likeness (QED) is 0.920. The van der Waals surface area contributed by atoms with Crippen molar-refractivity contribution in [1.29, 1.82) is 0 Å². The molecule has 94 valence electrons. The number of benzene rings is 1. The average Bonchev–Trinajstić information content (AvgIpc) is 2.81. The van der Waals surface area contributed by atoms with Gasteiger partial charge in [-0.1, -0.05) is 17.7 Å². The standard InChI is InChI=1S/C14H14ClNO2/c1-10(8-13-6-3-7-18-13)16-14(17)11-4-2-5-12(15)9-11/h2-7,9-10H,8H2,1H3,(H,16,17). The van der Waals surface area contributed by atoms with Crippen LogP contribution in [0.3, 0.4) is 0 Å². The number of hydrogen-bond donors (Lipinski definition) is 1. The normalized spacial score (nSPS) is 12.1. The molecule has 1 atom stereocenters. The van der Waals surface area contributed by atoms with Crippen molar-refractivity contribution in [3.63, 3.8) is 0 Å². The number of carbonyl (C=O) groups excluding carboxylic acids is 1. The molecule has 0 bridgehead atoms. The van der Waals surface area contributed by atoms with Gasteiger partial charge in [-0.05, 0) is 37.3 Å². The number of hydrogen-bond acceptors (Lipinski definition) is 2. The Morgan fingerprint density at radius 1 is 1.39 bits per heavy atom. The molecule has 2 aromatic rings. The fourth-order valence-electron chi connectivity index (χ4n) is 1.72. The van der Waals surface area contributed by atoms with Gasteiger partial charge in [0.05, 0.1) is 6.26 Å². The molecule has 0 aliphatic carbocycles. The second-order valence-corrected chi connectivity index (χ2v) is 4.60. The van der Waals surface area contributed by atoms with Crippen molar-refractivity contribution in [2.24, 2.45) is 0 Å². The van der Waals surface area contributed by atoms with E-state index in [4.69, 9.17) is 16.0 Å². The van der Waals surface area contributed by atoms with E-state index in [1.165, 1.54) is 0 Å². The first-order valence-corrected chi connectivity index (χ1v) is 6.12. The van der Waals surface area contributed by atoms with Crippen molar-refractivity contribution in [2.45, 2.75) is 19.4 Å². The molecule has 18 heavy (non-hydrogen) atoms. The topological polar surface area (TPSA) is 42.2 Å². The Bertz CT molecular complexity index is 522. The molecule has 1 amide bonds.